The van der Waals surface area contributed by atoms with E-state index in [9.17, 15) is 14.0 Å². The van der Waals surface area contributed by atoms with Gasteiger partial charge in [-0.05, 0) is 55.7 Å². The molecule has 6 nitrogen and oxygen atoms in total. The van der Waals surface area contributed by atoms with E-state index in [4.69, 9.17) is 32.7 Å². The lowest BCUT2D eigenvalue weighted by atomic mass is 9.39. The van der Waals surface area contributed by atoms with E-state index < -0.39 is 11.9 Å². The zero-order valence-electron chi connectivity index (χ0n) is 15.8. The summed E-state index contributed by atoms with van der Waals surface area (Å²) in [6.07, 6.45) is 1.71. The number of hydrogen-bond donors (Lipinski definition) is 2. The largest absolute Gasteiger partial charge is 0.484 e. The number of halogens is 3. The smallest absolute Gasteiger partial charge is 0.411 e. The molecule has 3 saturated carbocycles. The highest BCUT2D eigenvalue weighted by Crippen LogP contribution is 2.67. The van der Waals surface area contributed by atoms with E-state index >= 15 is 0 Å². The van der Waals surface area contributed by atoms with Crippen molar-refractivity contribution in [2.45, 2.75) is 24.8 Å². The topological polar surface area (TPSA) is 76.7 Å². The van der Waals surface area contributed by atoms with Crippen LogP contribution in [0.25, 0.3) is 0 Å². The third-order valence-electron chi connectivity index (χ3n) is 5.41. The van der Waals surface area contributed by atoms with E-state index in [1.54, 1.807) is 24.3 Å². The van der Waals surface area contributed by atoms with Crippen molar-refractivity contribution in [3.8, 4) is 5.75 Å². The summed E-state index contributed by atoms with van der Waals surface area (Å²) >= 11 is 11.4. The quantitative estimate of drug-likeness (QED) is 0.632. The van der Waals surface area contributed by atoms with E-state index in [2.05, 4.69) is 10.6 Å². The van der Waals surface area contributed by atoms with Gasteiger partial charge < -0.3 is 14.8 Å². The summed E-state index contributed by atoms with van der Waals surface area (Å²) in [5.74, 6) is -0.641. The lowest BCUT2D eigenvalue weighted by Crippen LogP contribution is -2.76. The van der Waals surface area contributed by atoms with Crippen LogP contribution in [-0.2, 0) is 9.53 Å². The van der Waals surface area contributed by atoms with E-state index in [1.165, 1.54) is 12.1 Å². The van der Waals surface area contributed by atoms with Crippen LogP contribution in [0, 0.1) is 11.2 Å². The summed E-state index contributed by atoms with van der Waals surface area (Å²) in [5.41, 5.74) is 0.262. The second-order valence-electron chi connectivity index (χ2n) is 7.93. The first kappa shape index (κ1) is 20.8. The minimum absolute atomic E-state index is 0.00460. The maximum atomic E-state index is 13.4. The molecular weight excluding hydrogens is 434 g/mol. The van der Waals surface area contributed by atoms with Gasteiger partial charge in [-0.2, -0.15) is 0 Å². The lowest BCUT2D eigenvalue weighted by molar-refractivity contribution is -0.183. The van der Waals surface area contributed by atoms with Gasteiger partial charge in [0.15, 0.2) is 6.61 Å². The Bertz CT molecular complexity index is 964. The second kappa shape index (κ2) is 7.96. The number of rotatable bonds is 7. The zero-order chi connectivity index (χ0) is 21.4. The highest BCUT2D eigenvalue weighted by atomic mass is 35.5. The van der Waals surface area contributed by atoms with Crippen LogP contribution in [0.1, 0.15) is 19.3 Å². The molecular formula is C21H19Cl2FN2O4. The van der Waals surface area contributed by atoms with Crippen LogP contribution in [0.5, 0.6) is 5.75 Å². The first-order valence-corrected chi connectivity index (χ1v) is 10.1. The molecule has 0 atom stereocenters. The van der Waals surface area contributed by atoms with Crippen molar-refractivity contribution in [1.29, 1.82) is 0 Å². The Morgan fingerprint density at radius 1 is 1.07 bits per heavy atom. The molecule has 2 bridgehead atoms. The first-order chi connectivity index (χ1) is 14.3. The van der Waals surface area contributed by atoms with E-state index in [0.717, 1.165) is 25.3 Å². The predicted molar refractivity (Wildman–Crippen MR) is 110 cm³/mol. The summed E-state index contributed by atoms with van der Waals surface area (Å²) < 4.78 is 24.0. The Morgan fingerprint density at radius 3 is 2.43 bits per heavy atom. The van der Waals surface area contributed by atoms with Crippen LogP contribution in [0.3, 0.4) is 0 Å². The normalized spacial score (nSPS) is 23.6. The van der Waals surface area contributed by atoms with Crippen LogP contribution in [0.15, 0.2) is 42.5 Å². The molecule has 9 heteroatoms. The van der Waals surface area contributed by atoms with Crippen molar-refractivity contribution in [3.05, 3.63) is 58.3 Å². The Kier molecular flexibility index (Phi) is 5.51. The van der Waals surface area contributed by atoms with E-state index in [-0.39, 0.29) is 34.2 Å². The van der Waals surface area contributed by atoms with E-state index in [1.807, 2.05) is 0 Å². The highest BCUT2D eigenvalue weighted by molar-refractivity contribution is 6.31. The molecule has 3 aliphatic rings. The Balaban J connectivity index is 1.16. The van der Waals surface area contributed by atoms with Crippen LogP contribution < -0.4 is 15.4 Å². The van der Waals surface area contributed by atoms with Gasteiger partial charge in [0.05, 0.1) is 11.6 Å². The van der Waals surface area contributed by atoms with Crippen molar-refractivity contribution in [3.63, 3.8) is 0 Å². The minimum Gasteiger partial charge on any atom is -0.484 e. The van der Waals surface area contributed by atoms with Crippen LogP contribution >= 0.6 is 23.2 Å². The molecule has 2 aromatic carbocycles. The number of benzene rings is 2. The highest BCUT2D eigenvalue weighted by Gasteiger charge is 2.68. The van der Waals surface area contributed by atoms with Gasteiger partial charge in [-0.3, -0.25) is 10.1 Å². The van der Waals surface area contributed by atoms with Gasteiger partial charge in [0.2, 0.25) is 0 Å². The molecule has 2 amide bonds. The second-order valence-corrected chi connectivity index (χ2v) is 8.78. The van der Waals surface area contributed by atoms with Crippen LogP contribution in [0.4, 0.5) is 14.9 Å². The van der Waals surface area contributed by atoms with Crippen molar-refractivity contribution < 1.29 is 23.5 Å². The number of carbonyl (C=O) groups is 2. The van der Waals surface area contributed by atoms with Crippen LogP contribution in [0.2, 0.25) is 10.0 Å². The molecule has 2 N–H and O–H groups in total. The number of hydrogen-bond acceptors (Lipinski definition) is 4. The van der Waals surface area contributed by atoms with Crippen molar-refractivity contribution in [1.82, 2.24) is 5.32 Å². The molecule has 158 valence electrons. The fraction of sp³-hybridized carbons (Fsp3) is 0.333. The summed E-state index contributed by atoms with van der Waals surface area (Å²) in [5, 5.41) is 6.19. The third-order valence-corrected chi connectivity index (χ3v) is 5.96. The number of carbonyl (C=O) groups excluding carboxylic acids is 2. The van der Waals surface area contributed by atoms with Crippen molar-refractivity contribution in [2.24, 2.45) is 5.41 Å². The predicted octanol–water partition coefficient (Wildman–Crippen LogP) is 4.80. The fourth-order valence-electron chi connectivity index (χ4n) is 4.24. The molecule has 5 rings (SSSR count). The van der Waals surface area contributed by atoms with Gasteiger partial charge >= 0.3 is 6.09 Å². The molecule has 3 fully saturated rings. The minimum atomic E-state index is -0.601. The van der Waals surface area contributed by atoms with Crippen molar-refractivity contribution in [2.75, 3.05) is 18.5 Å². The maximum Gasteiger partial charge on any atom is 0.411 e. The van der Waals surface area contributed by atoms with Gasteiger partial charge in [0, 0.05) is 27.7 Å². The maximum absolute atomic E-state index is 13.4. The number of ether oxygens (including phenoxy) is 2. The third kappa shape index (κ3) is 4.47. The molecule has 2 aromatic rings. The summed E-state index contributed by atoms with van der Waals surface area (Å²) in [6.45, 7) is 0.0837. The standard InChI is InChI=1S/C21H19Cl2FN2O4/c22-13-1-3-14(4-2-13)25-19(28)30-12-20-9-21(10-20,11-20)26-18(27)8-29-15-5-6-16(23)17(24)7-15/h1-7H,8-12H2,(H,25,28)(H,26,27). The Hall–Kier alpha value is -2.51. The molecule has 0 unspecified atom stereocenters. The molecule has 0 aliphatic heterocycles. The first-order valence-electron chi connectivity index (χ1n) is 9.35. The zero-order valence-corrected chi connectivity index (χ0v) is 17.4. The molecule has 30 heavy (non-hydrogen) atoms. The van der Waals surface area contributed by atoms with Crippen molar-refractivity contribution >= 4 is 40.9 Å². The van der Waals surface area contributed by atoms with Gasteiger partial charge in [0.1, 0.15) is 11.6 Å². The van der Waals surface area contributed by atoms with Gasteiger partial charge in [-0.15, -0.1) is 0 Å². The van der Waals surface area contributed by atoms with E-state index in [0.29, 0.717) is 17.3 Å². The summed E-state index contributed by atoms with van der Waals surface area (Å²) in [7, 11) is 0. The lowest BCUT2D eigenvalue weighted by Gasteiger charge is -2.70. The number of anilines is 1. The monoisotopic (exact) mass is 452 g/mol. The Labute approximate surface area is 182 Å². The molecule has 0 saturated heterocycles. The molecule has 0 heterocycles. The van der Waals surface area contributed by atoms with Gasteiger partial charge in [-0.1, -0.05) is 23.2 Å². The molecule has 3 aliphatic carbocycles. The average Bonchev–Trinajstić information content (AvgIpc) is 2.65. The SMILES string of the molecule is O=C(COc1ccc(Cl)c(F)c1)NC12CC(COC(=O)Nc3ccc(Cl)cc3)(C1)C2. The fourth-order valence-corrected chi connectivity index (χ4v) is 4.48. The van der Waals surface area contributed by atoms with Gasteiger partial charge in [0.25, 0.3) is 5.91 Å². The molecule has 0 aromatic heterocycles. The van der Waals surface area contributed by atoms with Crippen LogP contribution in [-0.4, -0.2) is 30.8 Å². The molecule has 0 spiro atoms. The number of nitrogens with one attached hydrogen (secondary N) is 2. The Morgan fingerprint density at radius 2 is 1.77 bits per heavy atom. The average molecular weight is 453 g/mol. The molecule has 0 radical (unpaired) electrons. The summed E-state index contributed by atoms with van der Waals surface area (Å²) in [4.78, 5) is 24.1. The van der Waals surface area contributed by atoms with Gasteiger partial charge in [-0.25, -0.2) is 9.18 Å². The number of amides is 2. The summed E-state index contributed by atoms with van der Waals surface area (Å²) in [6, 6.07) is 10.7.